The fourth-order valence-corrected chi connectivity index (χ4v) is 5.47. The van der Waals surface area contributed by atoms with Gasteiger partial charge in [-0.3, -0.25) is 24.6 Å². The van der Waals surface area contributed by atoms with Gasteiger partial charge in [0.25, 0.3) is 5.91 Å². The summed E-state index contributed by atoms with van der Waals surface area (Å²) in [7, 11) is 0. The van der Waals surface area contributed by atoms with Crippen LogP contribution in [0.2, 0.25) is 0 Å². The van der Waals surface area contributed by atoms with Gasteiger partial charge in [0.1, 0.15) is 11.9 Å². The first-order valence-electron chi connectivity index (χ1n) is 12.0. The van der Waals surface area contributed by atoms with E-state index in [1.54, 1.807) is 6.07 Å². The van der Waals surface area contributed by atoms with Crippen molar-refractivity contribution in [2.24, 2.45) is 0 Å². The van der Waals surface area contributed by atoms with Crippen LogP contribution in [0, 0.1) is 5.82 Å². The van der Waals surface area contributed by atoms with Gasteiger partial charge in [-0.25, -0.2) is 4.39 Å². The minimum atomic E-state index is -0.702. The van der Waals surface area contributed by atoms with Crippen LogP contribution in [0.15, 0.2) is 42.6 Å². The summed E-state index contributed by atoms with van der Waals surface area (Å²) >= 11 is 0. The van der Waals surface area contributed by atoms with Crippen molar-refractivity contribution in [1.29, 1.82) is 0 Å². The Morgan fingerprint density at radius 3 is 2.63 bits per heavy atom. The summed E-state index contributed by atoms with van der Waals surface area (Å²) in [5.41, 5.74) is 3.90. The highest BCUT2D eigenvalue weighted by molar-refractivity contribution is 6.05. The van der Waals surface area contributed by atoms with Gasteiger partial charge in [0.05, 0.1) is 5.69 Å². The van der Waals surface area contributed by atoms with Crippen LogP contribution in [0.3, 0.4) is 0 Å². The van der Waals surface area contributed by atoms with Gasteiger partial charge in [-0.05, 0) is 35.7 Å². The average molecular weight is 476 g/mol. The maximum atomic E-state index is 15.1. The second-order valence-corrected chi connectivity index (χ2v) is 9.48. The smallest absolute Gasteiger partial charge is 0.255 e. The number of carbonyl (C=O) groups is 3. The van der Waals surface area contributed by atoms with Crippen molar-refractivity contribution in [3.63, 3.8) is 0 Å². The van der Waals surface area contributed by atoms with Gasteiger partial charge in [-0.1, -0.05) is 18.2 Å². The Morgan fingerprint density at radius 2 is 1.83 bits per heavy atom. The summed E-state index contributed by atoms with van der Waals surface area (Å²) in [6.07, 6.45) is 2.54. The van der Waals surface area contributed by atoms with Crippen LogP contribution in [-0.4, -0.2) is 64.7 Å². The second-order valence-electron chi connectivity index (χ2n) is 9.48. The molecule has 2 aromatic carbocycles. The highest BCUT2D eigenvalue weighted by Gasteiger charge is 2.40. The minimum Gasteiger partial charge on any atom is -0.367 e. The van der Waals surface area contributed by atoms with Crippen LogP contribution in [0.25, 0.3) is 10.9 Å². The molecule has 0 bridgehead atoms. The molecule has 0 spiro atoms. The molecule has 180 valence electrons. The van der Waals surface area contributed by atoms with E-state index in [-0.39, 0.29) is 31.2 Å². The number of anilines is 1. The fourth-order valence-electron chi connectivity index (χ4n) is 5.47. The summed E-state index contributed by atoms with van der Waals surface area (Å²) in [6.45, 7) is 4.05. The number of imide groups is 1. The molecule has 3 aliphatic heterocycles. The summed E-state index contributed by atoms with van der Waals surface area (Å²) < 4.78 is 15.1. The Morgan fingerprint density at radius 1 is 1.03 bits per heavy atom. The third-order valence-corrected chi connectivity index (χ3v) is 7.37. The van der Waals surface area contributed by atoms with Crippen LogP contribution in [-0.2, 0) is 22.7 Å². The predicted molar refractivity (Wildman–Crippen MR) is 128 cm³/mol. The zero-order chi connectivity index (χ0) is 24.1. The number of fused-ring (bicyclic) bond motifs is 2. The number of aromatic nitrogens is 1. The Bertz CT molecular complexity index is 1340. The maximum absolute atomic E-state index is 15.1. The van der Waals surface area contributed by atoms with Crippen LogP contribution < -0.4 is 10.2 Å². The molecule has 3 amide bonds. The van der Waals surface area contributed by atoms with Crippen LogP contribution >= 0.6 is 0 Å². The van der Waals surface area contributed by atoms with E-state index in [9.17, 15) is 14.4 Å². The number of nitrogens with one attached hydrogen (secondary N) is 2. The number of carbonyl (C=O) groups excluding carboxylic acids is 3. The number of aromatic amines is 1. The number of para-hydroxylation sites is 1. The standard InChI is InChI=1S/C26H26FN5O3/c27-20-12-19-16(15-32(26(19)35)22-5-6-24(33)29-25(22)34)11-23(20)31-9-7-30(8-10-31)14-17-13-28-21-4-2-1-3-18(17)21/h1-4,11-13,22,28H,5-10,14-15H2,(H,29,33,34). The SMILES string of the molecule is O=C1CCC(N2Cc3cc(N4CCN(Cc5c[nH]c6ccccc56)CC4)c(F)cc3C2=O)C(=O)N1. The summed E-state index contributed by atoms with van der Waals surface area (Å²) in [4.78, 5) is 45.8. The number of benzene rings is 2. The van der Waals surface area contributed by atoms with E-state index in [2.05, 4.69) is 33.5 Å². The van der Waals surface area contributed by atoms with Gasteiger partial charge >= 0.3 is 0 Å². The minimum absolute atomic E-state index is 0.193. The molecule has 1 aromatic heterocycles. The van der Waals surface area contributed by atoms with E-state index < -0.39 is 17.8 Å². The molecule has 2 fully saturated rings. The van der Waals surface area contributed by atoms with Gasteiger partial charge in [0, 0.05) is 68.4 Å². The van der Waals surface area contributed by atoms with Crippen molar-refractivity contribution in [3.8, 4) is 0 Å². The zero-order valence-electron chi connectivity index (χ0n) is 19.2. The van der Waals surface area contributed by atoms with Crippen molar-refractivity contribution >= 4 is 34.3 Å². The monoisotopic (exact) mass is 475 g/mol. The Labute approximate surface area is 201 Å². The van der Waals surface area contributed by atoms with Crippen molar-refractivity contribution in [2.45, 2.75) is 32.0 Å². The van der Waals surface area contributed by atoms with Crippen molar-refractivity contribution in [3.05, 3.63) is 65.1 Å². The molecular formula is C26H26FN5O3. The van der Waals surface area contributed by atoms with Gasteiger partial charge in [-0.15, -0.1) is 0 Å². The molecule has 3 aromatic rings. The third-order valence-electron chi connectivity index (χ3n) is 7.37. The van der Waals surface area contributed by atoms with Crippen LogP contribution in [0.5, 0.6) is 0 Å². The van der Waals surface area contributed by atoms with E-state index in [4.69, 9.17) is 0 Å². The average Bonchev–Trinajstić information content (AvgIpc) is 3.40. The summed E-state index contributed by atoms with van der Waals surface area (Å²) in [6, 6.07) is 10.6. The lowest BCUT2D eigenvalue weighted by molar-refractivity contribution is -0.136. The number of nitrogens with zero attached hydrogens (tertiary/aromatic N) is 3. The van der Waals surface area contributed by atoms with Crippen molar-refractivity contribution < 1.29 is 18.8 Å². The quantitative estimate of drug-likeness (QED) is 0.566. The molecule has 0 aliphatic carbocycles. The maximum Gasteiger partial charge on any atom is 0.255 e. The van der Waals surface area contributed by atoms with E-state index in [0.29, 0.717) is 24.3 Å². The number of amides is 3. The van der Waals surface area contributed by atoms with E-state index in [1.807, 2.05) is 17.0 Å². The van der Waals surface area contributed by atoms with E-state index in [0.717, 1.165) is 30.7 Å². The Kier molecular flexibility index (Phi) is 5.29. The highest BCUT2D eigenvalue weighted by Crippen LogP contribution is 2.33. The number of hydrogen-bond donors (Lipinski definition) is 2. The predicted octanol–water partition coefficient (Wildman–Crippen LogP) is 2.39. The molecular weight excluding hydrogens is 449 g/mol. The highest BCUT2D eigenvalue weighted by atomic mass is 19.1. The molecule has 2 saturated heterocycles. The molecule has 35 heavy (non-hydrogen) atoms. The lowest BCUT2D eigenvalue weighted by Gasteiger charge is -2.36. The van der Waals surface area contributed by atoms with Crippen LogP contribution in [0.4, 0.5) is 10.1 Å². The molecule has 8 nitrogen and oxygen atoms in total. The normalized spacial score (nSPS) is 21.1. The topological polar surface area (TPSA) is 88.8 Å². The molecule has 1 unspecified atom stereocenters. The van der Waals surface area contributed by atoms with Crippen LogP contribution in [0.1, 0.15) is 34.3 Å². The van der Waals surface area contributed by atoms with Gasteiger partial charge in [-0.2, -0.15) is 0 Å². The number of piperazine rings is 1. The first-order chi connectivity index (χ1) is 17.0. The van der Waals surface area contributed by atoms with E-state index >= 15 is 4.39 Å². The van der Waals surface area contributed by atoms with Gasteiger partial charge < -0.3 is 14.8 Å². The van der Waals surface area contributed by atoms with E-state index in [1.165, 1.54) is 21.9 Å². The second kappa shape index (κ2) is 8.49. The van der Waals surface area contributed by atoms with Crippen molar-refractivity contribution in [1.82, 2.24) is 20.1 Å². The molecule has 0 saturated carbocycles. The van der Waals surface area contributed by atoms with Gasteiger partial charge in [0.15, 0.2) is 0 Å². The lowest BCUT2D eigenvalue weighted by Crippen LogP contribution is -2.52. The number of rotatable bonds is 4. The molecule has 6 rings (SSSR count). The molecule has 4 heterocycles. The molecule has 0 radical (unpaired) electrons. The van der Waals surface area contributed by atoms with Gasteiger partial charge in [0.2, 0.25) is 11.8 Å². The lowest BCUT2D eigenvalue weighted by atomic mass is 10.0. The Balaban J connectivity index is 1.14. The number of hydrogen-bond acceptors (Lipinski definition) is 5. The zero-order valence-corrected chi connectivity index (χ0v) is 19.2. The first-order valence-corrected chi connectivity index (χ1v) is 12.0. The molecule has 3 aliphatic rings. The molecule has 9 heteroatoms. The van der Waals surface area contributed by atoms with Crippen molar-refractivity contribution in [2.75, 3.05) is 31.1 Å². The molecule has 2 N–H and O–H groups in total. The Hall–Kier alpha value is -3.72. The summed E-state index contributed by atoms with van der Waals surface area (Å²) in [5.74, 6) is -1.57. The summed E-state index contributed by atoms with van der Waals surface area (Å²) in [5, 5.41) is 3.52. The fraction of sp³-hybridized carbons (Fsp3) is 0.346. The number of halogens is 1. The largest absolute Gasteiger partial charge is 0.367 e. The number of piperidine rings is 1. The number of H-pyrrole nitrogens is 1. The first kappa shape index (κ1) is 21.8. The molecule has 1 atom stereocenters. The third kappa shape index (κ3) is 3.85.